The molecule has 0 N–H and O–H groups in total. The summed E-state index contributed by atoms with van der Waals surface area (Å²) in [6, 6.07) is 0. The molecular formula is C3H6CuN-. The maximum absolute atomic E-state index is 6.25. The van der Waals surface area contributed by atoms with Crippen LogP contribution in [-0.2, 0) is 17.1 Å². The van der Waals surface area contributed by atoms with Gasteiger partial charge in [0.05, 0.1) is 0 Å². The van der Waals surface area contributed by atoms with Crippen LogP contribution in [0.2, 0.25) is 0 Å². The molecule has 1 radical (unpaired) electrons. The fourth-order valence-corrected chi connectivity index (χ4v) is 0. The molecule has 0 aromatic rings. The van der Waals surface area contributed by atoms with E-state index in [4.69, 9.17) is 11.8 Å². The van der Waals surface area contributed by atoms with Gasteiger partial charge in [-0.2, -0.15) is 0 Å². The first-order valence-corrected chi connectivity index (χ1v) is 0.224. The molecule has 0 aliphatic rings. The van der Waals surface area contributed by atoms with Crippen LogP contribution in [0.1, 0.15) is 0 Å². The van der Waals surface area contributed by atoms with Gasteiger partial charge >= 0.3 is 17.1 Å². The molecule has 0 heterocycles. The summed E-state index contributed by atoms with van der Waals surface area (Å²) in [4.78, 5) is 0. The Morgan fingerprint density at radius 2 is 1.00 bits per heavy atom. The molecule has 0 fully saturated rings. The summed E-state index contributed by atoms with van der Waals surface area (Å²) in [5.41, 5.74) is 0. The third kappa shape index (κ3) is 180000. The smallest absolute Gasteiger partial charge is 0.512 e. The molecule has 1 nitrogen and oxygen atoms in total. The van der Waals surface area contributed by atoms with E-state index < -0.39 is 0 Å². The van der Waals surface area contributed by atoms with E-state index in [1.54, 1.807) is 0 Å². The van der Waals surface area contributed by atoms with Gasteiger partial charge in [0, 0.05) is 0 Å². The van der Waals surface area contributed by atoms with E-state index in [-0.39, 0.29) is 31.9 Å². The van der Waals surface area contributed by atoms with E-state index in [2.05, 4.69) is 0 Å². The zero-order chi connectivity index (χ0) is 2.00. The van der Waals surface area contributed by atoms with E-state index in [0.29, 0.717) is 0 Å². The van der Waals surface area contributed by atoms with Gasteiger partial charge in [-0.25, -0.2) is 0 Å². The van der Waals surface area contributed by atoms with Gasteiger partial charge in [0.25, 0.3) is 0 Å². The van der Waals surface area contributed by atoms with E-state index in [0.717, 1.165) is 0 Å². The zero-order valence-electron chi connectivity index (χ0n) is 3.25. The van der Waals surface area contributed by atoms with Crippen LogP contribution in [0.4, 0.5) is 0 Å². The van der Waals surface area contributed by atoms with Gasteiger partial charge in [-0.15, -0.1) is 0 Å². The first-order chi connectivity index (χ1) is 1.00. The van der Waals surface area contributed by atoms with Crippen LogP contribution in [0.5, 0.6) is 0 Å². The predicted molar refractivity (Wildman–Crippen MR) is 17.8 cm³/mol. The Kier molecular flexibility index (Phi) is 6390000. The minimum absolute atomic E-state index is 0. The molecule has 0 spiro atoms. The Hall–Kier alpha value is 0.00948. The van der Waals surface area contributed by atoms with Gasteiger partial charge in [0.15, 0.2) is 0 Å². The monoisotopic (exact) mass is 119 g/mol. The van der Waals surface area contributed by atoms with Crippen molar-refractivity contribution in [3.05, 3.63) is 21.4 Å². The molecule has 0 aliphatic heterocycles. The van der Waals surface area contributed by atoms with Gasteiger partial charge in [0.2, 0.25) is 0 Å². The van der Waals surface area contributed by atoms with E-state index >= 15 is 0 Å². The molecule has 0 aromatic heterocycles. The molecule has 2 heteroatoms. The first-order valence-electron chi connectivity index (χ1n) is 0.224. The van der Waals surface area contributed by atoms with Crippen LogP contribution < -0.4 is 0 Å². The van der Waals surface area contributed by atoms with Gasteiger partial charge in [0.1, 0.15) is 0 Å². The van der Waals surface area contributed by atoms with Crippen molar-refractivity contribution < 1.29 is 17.1 Å². The van der Waals surface area contributed by atoms with Crippen molar-refractivity contribution in [3.8, 4) is 0 Å². The van der Waals surface area contributed by atoms with Crippen molar-refractivity contribution >= 4 is 0 Å². The second-order valence-electron chi connectivity index (χ2n) is 0. The molecule has 0 atom stereocenters. The fourth-order valence-electron chi connectivity index (χ4n) is 0. The Labute approximate surface area is 44.5 Å². The van der Waals surface area contributed by atoms with E-state index in [1.165, 1.54) is 0 Å². The normalized spacial score (nSPS) is 0.400. The molecule has 0 saturated carbocycles. The van der Waals surface area contributed by atoms with E-state index in [9.17, 15) is 0 Å². The molecule has 0 unspecified atom stereocenters. The van der Waals surface area contributed by atoms with Crippen molar-refractivity contribution in [2.24, 2.45) is 0 Å². The van der Waals surface area contributed by atoms with Crippen molar-refractivity contribution in [3.63, 3.8) is 0 Å². The quantitative estimate of drug-likeness (QED) is 0.345. The van der Waals surface area contributed by atoms with Crippen molar-refractivity contribution in [1.29, 1.82) is 5.26 Å². The summed E-state index contributed by atoms with van der Waals surface area (Å²) >= 11 is 0. The molecule has 35 valence electrons. The largest absolute Gasteiger partial charge is 2.00 e. The number of nitrogens with zero attached hydrogens (tertiary/aromatic N) is 1. The SMILES string of the molecule is [C-]#N.[CH3-].[CH3-].[Cu+2]. The number of hydrogen-bond donors (Lipinski definition) is 0. The molecular weight excluding hydrogens is 114 g/mol. The summed E-state index contributed by atoms with van der Waals surface area (Å²) in [5.74, 6) is 0. The summed E-state index contributed by atoms with van der Waals surface area (Å²) in [6.45, 7) is 4.75. The van der Waals surface area contributed by atoms with Crippen LogP contribution >= 0.6 is 0 Å². The van der Waals surface area contributed by atoms with Crippen LogP contribution in [0.15, 0.2) is 0 Å². The average molecular weight is 120 g/mol. The summed E-state index contributed by atoms with van der Waals surface area (Å²) in [5, 5.41) is 6.25. The van der Waals surface area contributed by atoms with Gasteiger partial charge in [-0.05, 0) is 0 Å². The fraction of sp³-hybridized carbons (Fsp3) is 0. The Balaban J connectivity index is -0.00000000167. The van der Waals surface area contributed by atoms with E-state index in [1.807, 2.05) is 0 Å². The van der Waals surface area contributed by atoms with Gasteiger partial charge in [-0.3, -0.25) is 0 Å². The molecule has 0 aromatic carbocycles. The van der Waals surface area contributed by atoms with Crippen LogP contribution in [0, 0.1) is 26.7 Å². The minimum atomic E-state index is 0. The summed E-state index contributed by atoms with van der Waals surface area (Å²) in [7, 11) is 0. The van der Waals surface area contributed by atoms with Crippen molar-refractivity contribution in [1.82, 2.24) is 0 Å². The molecule has 0 amide bonds. The van der Waals surface area contributed by atoms with Crippen LogP contribution in [0.25, 0.3) is 0 Å². The van der Waals surface area contributed by atoms with Gasteiger partial charge in [-0.1, -0.05) is 0 Å². The van der Waals surface area contributed by atoms with Gasteiger partial charge < -0.3 is 26.7 Å². The molecule has 0 saturated heterocycles. The molecule has 0 aliphatic carbocycles. The topological polar surface area (TPSA) is 23.8 Å². The standard InChI is InChI=1S/CN.2CH3.Cu/c1-2;;;/h;2*1H3;/q3*-1;+2. The van der Waals surface area contributed by atoms with Crippen LogP contribution in [-0.4, -0.2) is 0 Å². The van der Waals surface area contributed by atoms with Crippen molar-refractivity contribution in [2.75, 3.05) is 0 Å². The maximum Gasteiger partial charge on any atom is 2.00 e. The first kappa shape index (κ1) is 79.0. The van der Waals surface area contributed by atoms with Crippen molar-refractivity contribution in [2.45, 2.75) is 0 Å². The zero-order valence-corrected chi connectivity index (χ0v) is 4.19. The third-order valence-corrected chi connectivity index (χ3v) is 0. The molecule has 0 rings (SSSR count). The Morgan fingerprint density at radius 1 is 1.00 bits per heavy atom. The second kappa shape index (κ2) is 404000. The second-order valence-corrected chi connectivity index (χ2v) is 0. The predicted octanol–water partition coefficient (Wildman–Crippen LogP) is 0.994. The summed E-state index contributed by atoms with van der Waals surface area (Å²) in [6.07, 6.45) is 0. The average Bonchev–Trinajstić information content (AvgIpc) is 1.00. The number of hydrogen-bond acceptors (Lipinski definition) is 1. The van der Waals surface area contributed by atoms with Crippen LogP contribution in [0.3, 0.4) is 0 Å². The Morgan fingerprint density at radius 3 is 1.00 bits per heavy atom. The number of rotatable bonds is 0. The Bertz CT molecular complexity index is 11.6. The minimum Gasteiger partial charge on any atom is -0.512 e. The molecule has 5 heavy (non-hydrogen) atoms. The maximum atomic E-state index is 6.25. The summed E-state index contributed by atoms with van der Waals surface area (Å²) < 4.78 is 0. The molecule has 0 bridgehead atoms. The third-order valence-electron chi connectivity index (χ3n) is 0.